The van der Waals surface area contributed by atoms with Gasteiger partial charge in [0.15, 0.2) is 17.3 Å². The maximum atomic E-state index is 13.7. The molecule has 2 N–H and O–H groups in total. The lowest BCUT2D eigenvalue weighted by Gasteiger charge is -2.30. The molecule has 0 spiro atoms. The minimum atomic E-state index is -0.273. The second-order valence-corrected chi connectivity index (χ2v) is 9.27. The number of rotatable bonds is 3. The van der Waals surface area contributed by atoms with Gasteiger partial charge in [0.25, 0.3) is 0 Å². The quantitative estimate of drug-likeness (QED) is 0.549. The van der Waals surface area contributed by atoms with Crippen molar-refractivity contribution in [2.45, 2.75) is 24.8 Å². The second kappa shape index (κ2) is 8.13. The highest BCUT2D eigenvalue weighted by molar-refractivity contribution is 6.01. The first-order chi connectivity index (χ1) is 16.6. The number of anilines is 3. The number of fused-ring (bicyclic) bond motifs is 2. The van der Waals surface area contributed by atoms with Crippen molar-refractivity contribution in [1.29, 1.82) is 0 Å². The van der Waals surface area contributed by atoms with Gasteiger partial charge < -0.3 is 25.0 Å². The summed E-state index contributed by atoms with van der Waals surface area (Å²) < 4.78 is 11.1. The fourth-order valence-corrected chi connectivity index (χ4v) is 5.12. The summed E-state index contributed by atoms with van der Waals surface area (Å²) in [5.41, 5.74) is 7.07. The lowest BCUT2D eigenvalue weighted by Crippen LogP contribution is -2.26. The summed E-state index contributed by atoms with van der Waals surface area (Å²) in [6, 6.07) is 22.3. The van der Waals surface area contributed by atoms with Crippen LogP contribution in [0.5, 0.6) is 11.5 Å². The Morgan fingerprint density at radius 3 is 2.38 bits per heavy atom. The van der Waals surface area contributed by atoms with Crippen LogP contribution in [0.4, 0.5) is 17.1 Å². The van der Waals surface area contributed by atoms with Gasteiger partial charge in [0, 0.05) is 37.5 Å². The van der Waals surface area contributed by atoms with Crippen molar-refractivity contribution in [3.8, 4) is 11.5 Å². The van der Waals surface area contributed by atoms with E-state index >= 15 is 0 Å². The van der Waals surface area contributed by atoms with Crippen LogP contribution in [0.1, 0.15) is 35.9 Å². The van der Waals surface area contributed by atoms with Crippen LogP contribution in [0.15, 0.2) is 78.0 Å². The van der Waals surface area contributed by atoms with Gasteiger partial charge in [0.1, 0.15) is 0 Å². The molecule has 6 rings (SSSR count). The molecule has 3 aliphatic rings. The molecule has 6 heteroatoms. The molecule has 2 heterocycles. The zero-order valence-corrected chi connectivity index (χ0v) is 19.3. The van der Waals surface area contributed by atoms with E-state index in [1.165, 1.54) is 5.56 Å². The molecule has 3 aromatic rings. The van der Waals surface area contributed by atoms with Gasteiger partial charge in [0.05, 0.1) is 17.4 Å². The number of carbonyl (C=O) groups excluding carboxylic acids is 1. The molecule has 2 aliphatic heterocycles. The van der Waals surface area contributed by atoms with Gasteiger partial charge in [-0.3, -0.25) is 4.79 Å². The van der Waals surface area contributed by atoms with Crippen LogP contribution in [-0.2, 0) is 4.79 Å². The molecule has 3 aromatic carbocycles. The van der Waals surface area contributed by atoms with E-state index in [0.29, 0.717) is 12.2 Å². The number of benzene rings is 3. The first-order valence-corrected chi connectivity index (χ1v) is 11.6. The predicted octanol–water partition coefficient (Wildman–Crippen LogP) is 5.46. The third-order valence-corrected chi connectivity index (χ3v) is 6.92. The summed E-state index contributed by atoms with van der Waals surface area (Å²) >= 11 is 0. The van der Waals surface area contributed by atoms with Crippen molar-refractivity contribution >= 4 is 22.8 Å². The zero-order chi connectivity index (χ0) is 23.2. The van der Waals surface area contributed by atoms with Crippen LogP contribution in [0.25, 0.3) is 0 Å². The molecule has 34 heavy (non-hydrogen) atoms. The largest absolute Gasteiger partial charge is 0.454 e. The first-order valence-electron chi connectivity index (χ1n) is 11.6. The third kappa shape index (κ3) is 3.55. The van der Waals surface area contributed by atoms with Crippen molar-refractivity contribution in [2.24, 2.45) is 0 Å². The summed E-state index contributed by atoms with van der Waals surface area (Å²) in [4.78, 5) is 15.8. The lowest BCUT2D eigenvalue weighted by atomic mass is 9.78. The van der Waals surface area contributed by atoms with Crippen LogP contribution >= 0.6 is 0 Å². The van der Waals surface area contributed by atoms with Crippen LogP contribution < -0.4 is 25.0 Å². The molecular formula is C28H27N3O3. The third-order valence-electron chi connectivity index (χ3n) is 6.92. The Hall–Kier alpha value is -3.93. The van der Waals surface area contributed by atoms with E-state index in [-0.39, 0.29) is 24.5 Å². The van der Waals surface area contributed by atoms with E-state index < -0.39 is 0 Å². The molecule has 0 unspecified atom stereocenters. The molecule has 172 valence electrons. The van der Waals surface area contributed by atoms with E-state index in [9.17, 15) is 4.79 Å². The molecule has 0 radical (unpaired) electrons. The zero-order valence-electron chi connectivity index (χ0n) is 19.3. The summed E-state index contributed by atoms with van der Waals surface area (Å²) in [6.07, 6.45) is 1.26. The van der Waals surface area contributed by atoms with Gasteiger partial charge in [-0.05, 0) is 59.9 Å². The molecule has 0 amide bonds. The topological polar surface area (TPSA) is 62.8 Å². The Labute approximate surface area is 199 Å². The highest BCUT2D eigenvalue weighted by Crippen LogP contribution is 2.45. The number of nitrogens with zero attached hydrogens (tertiary/aromatic N) is 1. The Morgan fingerprint density at radius 1 is 0.853 bits per heavy atom. The number of ether oxygens (including phenoxy) is 2. The van der Waals surface area contributed by atoms with E-state index in [4.69, 9.17) is 9.47 Å². The highest BCUT2D eigenvalue weighted by Gasteiger charge is 2.36. The van der Waals surface area contributed by atoms with Crippen molar-refractivity contribution in [3.63, 3.8) is 0 Å². The molecule has 1 aliphatic carbocycles. The summed E-state index contributed by atoms with van der Waals surface area (Å²) in [5, 5.41) is 7.23. The number of nitrogens with one attached hydrogen (secondary N) is 2. The lowest BCUT2D eigenvalue weighted by molar-refractivity contribution is -0.116. The van der Waals surface area contributed by atoms with Crippen molar-refractivity contribution < 1.29 is 14.3 Å². The maximum absolute atomic E-state index is 13.7. The molecule has 0 aromatic heterocycles. The fraction of sp³-hybridized carbons (Fsp3) is 0.250. The fourth-order valence-electron chi connectivity index (χ4n) is 5.12. The molecule has 0 bridgehead atoms. The number of Topliss-reactive ketones (excluding diaryl/α,β-unsaturated/α-hetero) is 1. The van der Waals surface area contributed by atoms with Crippen molar-refractivity contribution in [3.05, 3.63) is 89.1 Å². The number of allylic oxidation sites excluding steroid dienone is 1. The smallest absolute Gasteiger partial charge is 0.231 e. The number of para-hydroxylation sites is 2. The Morgan fingerprint density at radius 2 is 1.59 bits per heavy atom. The van der Waals surface area contributed by atoms with Crippen LogP contribution in [0, 0.1) is 0 Å². The minimum absolute atomic E-state index is 0.137. The summed E-state index contributed by atoms with van der Waals surface area (Å²) in [5.74, 6) is 1.76. The molecule has 0 fully saturated rings. The maximum Gasteiger partial charge on any atom is 0.231 e. The van der Waals surface area contributed by atoms with Crippen LogP contribution in [-0.4, -0.2) is 26.7 Å². The average Bonchev–Trinajstić information content (AvgIpc) is 3.24. The Balaban J connectivity index is 1.41. The van der Waals surface area contributed by atoms with E-state index in [1.54, 1.807) is 0 Å². The highest BCUT2D eigenvalue weighted by atomic mass is 16.7. The van der Waals surface area contributed by atoms with Gasteiger partial charge in [0.2, 0.25) is 6.79 Å². The SMILES string of the molecule is CN(C)c1ccc([C@@H]2CC(=O)C3=C(C2)Nc2ccccc2N[C@H]3c2ccc3c(c2)OCO3)cc1. The van der Waals surface area contributed by atoms with Gasteiger partial charge in [-0.15, -0.1) is 0 Å². The van der Waals surface area contributed by atoms with Crippen LogP contribution in [0.3, 0.4) is 0 Å². The monoisotopic (exact) mass is 453 g/mol. The molecule has 0 saturated carbocycles. The van der Waals surface area contributed by atoms with Crippen molar-refractivity contribution in [1.82, 2.24) is 0 Å². The van der Waals surface area contributed by atoms with E-state index in [2.05, 4.69) is 45.9 Å². The Kier molecular flexibility index (Phi) is 4.94. The minimum Gasteiger partial charge on any atom is -0.454 e. The normalized spacial score (nSPS) is 20.6. The Bertz CT molecular complexity index is 1300. The number of carbonyl (C=O) groups is 1. The number of ketones is 1. The second-order valence-electron chi connectivity index (χ2n) is 9.27. The molecule has 6 nitrogen and oxygen atoms in total. The van der Waals surface area contributed by atoms with Gasteiger partial charge >= 0.3 is 0 Å². The van der Waals surface area contributed by atoms with Gasteiger partial charge in [-0.25, -0.2) is 0 Å². The van der Waals surface area contributed by atoms with E-state index in [1.807, 2.05) is 50.5 Å². The first kappa shape index (κ1) is 20.7. The standard InChI is InChI=1S/C28H27N3O3/c1-31(2)20-10-7-17(8-11-20)19-13-23-27(24(32)14-19)28(30-22-6-4-3-5-21(22)29-23)18-9-12-25-26(15-18)34-16-33-25/h3-12,15,19,28-30H,13-14,16H2,1-2H3/t19-,28-/m0/s1. The average molecular weight is 454 g/mol. The summed E-state index contributed by atoms with van der Waals surface area (Å²) in [7, 11) is 4.07. The molecular weight excluding hydrogens is 426 g/mol. The molecule has 0 saturated heterocycles. The summed E-state index contributed by atoms with van der Waals surface area (Å²) in [6.45, 7) is 0.225. The predicted molar refractivity (Wildman–Crippen MR) is 134 cm³/mol. The molecule has 2 atom stereocenters. The van der Waals surface area contributed by atoms with Crippen molar-refractivity contribution in [2.75, 3.05) is 36.4 Å². The number of hydrogen-bond acceptors (Lipinski definition) is 6. The van der Waals surface area contributed by atoms with E-state index in [0.717, 1.165) is 46.1 Å². The van der Waals surface area contributed by atoms with Gasteiger partial charge in [-0.1, -0.05) is 30.3 Å². The van der Waals surface area contributed by atoms with Gasteiger partial charge in [-0.2, -0.15) is 0 Å². The van der Waals surface area contributed by atoms with Crippen LogP contribution in [0.2, 0.25) is 0 Å². The number of hydrogen-bond donors (Lipinski definition) is 2.